The first-order valence-corrected chi connectivity index (χ1v) is 7.98. The van der Waals surface area contributed by atoms with E-state index in [1.54, 1.807) is 12.1 Å². The number of amides is 1. The molecule has 1 amide bonds. The highest BCUT2D eigenvalue weighted by Crippen LogP contribution is 2.32. The van der Waals surface area contributed by atoms with Crippen LogP contribution in [0.1, 0.15) is 5.56 Å². The van der Waals surface area contributed by atoms with Gasteiger partial charge in [-0.2, -0.15) is 5.10 Å². The molecule has 116 valence electrons. The average Bonchev–Trinajstić information content (AvgIpc) is 2.83. The number of benzene rings is 1. The summed E-state index contributed by atoms with van der Waals surface area (Å²) in [6.45, 7) is -0.499. The minimum absolute atomic E-state index is 0.130. The number of amidine groups is 1. The van der Waals surface area contributed by atoms with Crippen molar-refractivity contribution in [1.29, 1.82) is 0 Å². The third-order valence-electron chi connectivity index (χ3n) is 2.31. The second kappa shape index (κ2) is 7.61. The summed E-state index contributed by atoms with van der Waals surface area (Å²) >= 11 is 10.4. The second-order valence-electron chi connectivity index (χ2n) is 3.97. The molecule has 1 saturated heterocycles. The Balaban J connectivity index is 2.21. The van der Waals surface area contributed by atoms with Crippen molar-refractivity contribution in [1.82, 2.24) is 5.32 Å². The molecular weight excluding hydrogens is 398 g/mol. The van der Waals surface area contributed by atoms with Gasteiger partial charge < -0.3 is 15.2 Å². The summed E-state index contributed by atoms with van der Waals surface area (Å²) in [7, 11) is 0. The van der Waals surface area contributed by atoms with E-state index in [9.17, 15) is 9.59 Å². The number of hydrogen-bond donors (Lipinski definition) is 2. The number of nitrogens with one attached hydrogen (secondary N) is 1. The van der Waals surface area contributed by atoms with E-state index in [2.05, 4.69) is 31.4 Å². The zero-order valence-corrected chi connectivity index (χ0v) is 14.0. The molecule has 0 aromatic heterocycles. The molecule has 7 nitrogen and oxygen atoms in total. The Morgan fingerprint density at radius 3 is 3.00 bits per heavy atom. The van der Waals surface area contributed by atoms with Gasteiger partial charge in [0.25, 0.3) is 0 Å². The number of carbonyl (C=O) groups excluding carboxylic acids is 1. The molecule has 0 spiro atoms. The third-order valence-corrected chi connectivity index (χ3v) is 3.98. The van der Waals surface area contributed by atoms with Gasteiger partial charge in [0.15, 0.2) is 11.8 Å². The molecule has 1 aliphatic heterocycles. The van der Waals surface area contributed by atoms with E-state index in [0.29, 0.717) is 31.7 Å². The number of ether oxygens (including phenoxy) is 1. The molecule has 0 aliphatic carbocycles. The molecule has 2 N–H and O–H groups in total. The minimum Gasteiger partial charge on any atom is -0.480 e. The average molecular weight is 407 g/mol. The number of rotatable bonds is 5. The van der Waals surface area contributed by atoms with Gasteiger partial charge >= 0.3 is 5.97 Å². The standard InChI is InChI=1S/C12H9BrClN3O4S/c13-8-2-7(14)1-6(11(8)21-4-10(19)20)3-15-17-12-16-9(18)5-22-12/h1-3H,4-5H2,(H,19,20)(H,16,17,18). The predicted molar refractivity (Wildman–Crippen MR) is 87.9 cm³/mol. The molecule has 1 fully saturated rings. The number of carboxylic acid groups (broad SMARTS) is 1. The number of carbonyl (C=O) groups is 2. The summed E-state index contributed by atoms with van der Waals surface area (Å²) < 4.78 is 5.70. The topological polar surface area (TPSA) is 100 Å². The van der Waals surface area contributed by atoms with E-state index in [1.807, 2.05) is 0 Å². The maximum Gasteiger partial charge on any atom is 0.341 e. The molecule has 1 heterocycles. The zero-order valence-electron chi connectivity index (χ0n) is 10.9. The van der Waals surface area contributed by atoms with E-state index in [0.717, 1.165) is 0 Å². The van der Waals surface area contributed by atoms with Crippen LogP contribution in [0.25, 0.3) is 0 Å². The lowest BCUT2D eigenvalue weighted by molar-refractivity contribution is -0.139. The van der Waals surface area contributed by atoms with Crippen LogP contribution in [0.3, 0.4) is 0 Å². The number of thioether (sulfide) groups is 1. The van der Waals surface area contributed by atoms with Crippen molar-refractivity contribution in [3.63, 3.8) is 0 Å². The van der Waals surface area contributed by atoms with Crippen molar-refractivity contribution in [3.05, 3.63) is 27.2 Å². The van der Waals surface area contributed by atoms with E-state index in [4.69, 9.17) is 21.4 Å². The van der Waals surface area contributed by atoms with Crippen molar-refractivity contribution in [2.24, 2.45) is 10.2 Å². The lowest BCUT2D eigenvalue weighted by Crippen LogP contribution is -2.19. The van der Waals surface area contributed by atoms with E-state index < -0.39 is 12.6 Å². The van der Waals surface area contributed by atoms with E-state index in [-0.39, 0.29) is 5.91 Å². The van der Waals surface area contributed by atoms with Crippen molar-refractivity contribution in [3.8, 4) is 5.75 Å². The molecule has 0 saturated carbocycles. The quantitative estimate of drug-likeness (QED) is 0.576. The molecule has 1 aliphatic rings. The van der Waals surface area contributed by atoms with Crippen LogP contribution >= 0.6 is 39.3 Å². The molecule has 0 unspecified atom stereocenters. The number of carboxylic acids is 1. The SMILES string of the molecule is O=C(O)COc1c(Br)cc(Cl)cc1C=NN=C1NC(=O)CS1. The van der Waals surface area contributed by atoms with E-state index in [1.165, 1.54) is 18.0 Å². The number of nitrogens with zero attached hydrogens (tertiary/aromatic N) is 2. The smallest absolute Gasteiger partial charge is 0.341 e. The van der Waals surface area contributed by atoms with Crippen LogP contribution in [0.4, 0.5) is 0 Å². The highest BCUT2D eigenvalue weighted by molar-refractivity contribution is 9.10. The minimum atomic E-state index is -1.10. The molecule has 1 aromatic rings. The Labute approximate surface area is 142 Å². The fourth-order valence-electron chi connectivity index (χ4n) is 1.49. The highest BCUT2D eigenvalue weighted by atomic mass is 79.9. The molecule has 0 bridgehead atoms. The number of halogens is 2. The fourth-order valence-corrected chi connectivity index (χ4v) is 3.06. The predicted octanol–water partition coefficient (Wildman–Crippen LogP) is 2.12. The molecule has 22 heavy (non-hydrogen) atoms. The van der Waals surface area contributed by atoms with Gasteiger partial charge in [0, 0.05) is 10.6 Å². The Morgan fingerprint density at radius 1 is 1.59 bits per heavy atom. The Hall–Kier alpha value is -1.58. The monoisotopic (exact) mass is 405 g/mol. The first-order chi connectivity index (χ1) is 10.5. The summed E-state index contributed by atoms with van der Waals surface area (Å²) in [6, 6.07) is 3.14. The normalized spacial score (nSPS) is 16.3. The third kappa shape index (κ3) is 4.72. The summed E-state index contributed by atoms with van der Waals surface area (Å²) in [5.41, 5.74) is 0.458. The van der Waals surface area contributed by atoms with Crippen LogP contribution in [-0.2, 0) is 9.59 Å². The number of hydrogen-bond acceptors (Lipinski definition) is 6. The van der Waals surface area contributed by atoms with Gasteiger partial charge in [-0.15, -0.1) is 5.10 Å². The van der Waals surface area contributed by atoms with Gasteiger partial charge in [-0.25, -0.2) is 4.79 Å². The Kier molecular flexibility index (Phi) is 5.81. The van der Waals surface area contributed by atoms with Crippen LogP contribution in [0, 0.1) is 0 Å². The fraction of sp³-hybridized carbons (Fsp3) is 0.167. The van der Waals surface area contributed by atoms with Gasteiger partial charge in [0.1, 0.15) is 5.75 Å². The highest BCUT2D eigenvalue weighted by Gasteiger charge is 2.16. The first kappa shape index (κ1) is 16.8. The second-order valence-corrected chi connectivity index (χ2v) is 6.23. The van der Waals surface area contributed by atoms with Crippen LogP contribution in [0.2, 0.25) is 5.02 Å². The van der Waals surface area contributed by atoms with E-state index >= 15 is 0 Å². The lowest BCUT2D eigenvalue weighted by Gasteiger charge is -2.09. The first-order valence-electron chi connectivity index (χ1n) is 5.83. The molecule has 0 atom stereocenters. The van der Waals surface area contributed by atoms with Crippen LogP contribution in [0.15, 0.2) is 26.8 Å². The molecule has 0 radical (unpaired) electrons. The van der Waals surface area contributed by atoms with Gasteiger partial charge in [-0.1, -0.05) is 23.4 Å². The molecular formula is C12H9BrClN3O4S. The molecule has 2 rings (SSSR count). The Bertz CT molecular complexity index is 681. The lowest BCUT2D eigenvalue weighted by atomic mass is 10.2. The number of aliphatic carboxylic acids is 1. The van der Waals surface area contributed by atoms with Gasteiger partial charge in [0.2, 0.25) is 5.91 Å². The molecule has 10 heteroatoms. The zero-order chi connectivity index (χ0) is 16.1. The van der Waals surface area contributed by atoms with Crippen LogP contribution in [-0.4, -0.2) is 40.7 Å². The van der Waals surface area contributed by atoms with Crippen molar-refractivity contribution in [2.45, 2.75) is 0 Å². The Morgan fingerprint density at radius 2 is 2.36 bits per heavy atom. The largest absolute Gasteiger partial charge is 0.480 e. The van der Waals surface area contributed by atoms with Gasteiger partial charge in [0.05, 0.1) is 16.4 Å². The van der Waals surface area contributed by atoms with Crippen molar-refractivity contribution >= 4 is 62.6 Å². The maximum absolute atomic E-state index is 11.0. The van der Waals surface area contributed by atoms with Crippen LogP contribution < -0.4 is 10.1 Å². The summed E-state index contributed by atoms with van der Waals surface area (Å²) in [4.78, 5) is 21.6. The summed E-state index contributed by atoms with van der Waals surface area (Å²) in [6.07, 6.45) is 1.37. The van der Waals surface area contributed by atoms with Crippen molar-refractivity contribution < 1.29 is 19.4 Å². The van der Waals surface area contributed by atoms with Crippen LogP contribution in [0.5, 0.6) is 5.75 Å². The summed E-state index contributed by atoms with van der Waals surface area (Å²) in [5, 5.41) is 19.7. The molecule has 1 aromatic carbocycles. The maximum atomic E-state index is 11.0. The van der Waals surface area contributed by atoms with Gasteiger partial charge in [-0.3, -0.25) is 4.79 Å². The summed E-state index contributed by atoms with van der Waals surface area (Å²) in [5.74, 6) is -0.631. The van der Waals surface area contributed by atoms with Crippen molar-refractivity contribution in [2.75, 3.05) is 12.4 Å². The van der Waals surface area contributed by atoms with Gasteiger partial charge in [-0.05, 0) is 28.1 Å².